The van der Waals surface area contributed by atoms with E-state index in [4.69, 9.17) is 4.74 Å². The minimum Gasteiger partial charge on any atom is -0.495 e. The van der Waals surface area contributed by atoms with E-state index in [0.29, 0.717) is 12.6 Å². The molecule has 1 aliphatic rings. The van der Waals surface area contributed by atoms with E-state index in [-0.39, 0.29) is 12.4 Å². The summed E-state index contributed by atoms with van der Waals surface area (Å²) >= 11 is 0. The van der Waals surface area contributed by atoms with Crippen molar-refractivity contribution in [1.82, 2.24) is 10.6 Å². The number of ether oxygens (including phenoxy) is 2. The minimum atomic E-state index is -0.247. The summed E-state index contributed by atoms with van der Waals surface area (Å²) < 4.78 is 10.1. The van der Waals surface area contributed by atoms with Gasteiger partial charge < -0.3 is 25.0 Å². The zero-order chi connectivity index (χ0) is 18.1. The van der Waals surface area contributed by atoms with E-state index < -0.39 is 0 Å². The van der Waals surface area contributed by atoms with Crippen molar-refractivity contribution in [2.75, 3.05) is 45.3 Å². The molecule has 0 spiro atoms. The zero-order valence-electron chi connectivity index (χ0n) is 15.2. The Morgan fingerprint density at radius 2 is 2.16 bits per heavy atom. The fourth-order valence-corrected chi connectivity index (χ4v) is 2.86. The molecule has 0 saturated carbocycles. The van der Waals surface area contributed by atoms with Gasteiger partial charge in [0.05, 0.1) is 32.9 Å². The van der Waals surface area contributed by atoms with Crippen LogP contribution in [-0.2, 0) is 9.53 Å². The molecule has 25 heavy (non-hydrogen) atoms. The van der Waals surface area contributed by atoms with E-state index in [1.807, 2.05) is 25.1 Å². The summed E-state index contributed by atoms with van der Waals surface area (Å²) in [5.74, 6) is 1.38. The third kappa shape index (κ3) is 5.55. The Labute approximate surface area is 149 Å². The number of methoxy groups -OCH3 is 2. The first-order chi connectivity index (χ1) is 12.2. The molecule has 1 aliphatic heterocycles. The number of hydrogen-bond donors (Lipinski definition) is 2. The van der Waals surface area contributed by atoms with E-state index >= 15 is 0 Å². The normalized spacial score (nSPS) is 17.3. The van der Waals surface area contributed by atoms with Crippen LogP contribution in [-0.4, -0.2) is 58.4 Å². The van der Waals surface area contributed by atoms with Gasteiger partial charge in [-0.05, 0) is 25.5 Å². The van der Waals surface area contributed by atoms with Gasteiger partial charge in [-0.25, -0.2) is 0 Å². The summed E-state index contributed by atoms with van der Waals surface area (Å²) in [5, 5.41) is 6.67. The third-order valence-corrected chi connectivity index (χ3v) is 4.11. The van der Waals surface area contributed by atoms with Crippen molar-refractivity contribution in [3.63, 3.8) is 0 Å². The number of guanidine groups is 1. The Bertz CT molecular complexity index is 591. The van der Waals surface area contributed by atoms with Crippen molar-refractivity contribution in [2.45, 2.75) is 25.8 Å². The molecular weight excluding hydrogens is 320 g/mol. The van der Waals surface area contributed by atoms with Crippen LogP contribution in [0.3, 0.4) is 0 Å². The van der Waals surface area contributed by atoms with Crippen LogP contribution in [0.5, 0.6) is 5.75 Å². The Balaban J connectivity index is 1.93. The van der Waals surface area contributed by atoms with Gasteiger partial charge in [0.15, 0.2) is 5.96 Å². The molecule has 0 radical (unpaired) electrons. The maximum absolute atomic E-state index is 11.2. The van der Waals surface area contributed by atoms with Crippen LogP contribution in [0, 0.1) is 0 Å². The van der Waals surface area contributed by atoms with Gasteiger partial charge in [0.25, 0.3) is 0 Å². The Hall–Kier alpha value is -2.44. The topological polar surface area (TPSA) is 75.2 Å². The highest BCUT2D eigenvalue weighted by atomic mass is 16.5. The maximum Gasteiger partial charge on any atom is 0.307 e. The van der Waals surface area contributed by atoms with Gasteiger partial charge in [-0.15, -0.1) is 0 Å². The lowest BCUT2D eigenvalue weighted by atomic mass is 10.2. The van der Waals surface area contributed by atoms with Crippen molar-refractivity contribution < 1.29 is 14.3 Å². The van der Waals surface area contributed by atoms with Crippen LogP contribution in [0.1, 0.15) is 19.8 Å². The molecule has 1 heterocycles. The number of aliphatic imine (C=N–C) groups is 1. The van der Waals surface area contributed by atoms with Crippen molar-refractivity contribution >= 4 is 17.6 Å². The van der Waals surface area contributed by atoms with Gasteiger partial charge in [-0.1, -0.05) is 12.1 Å². The summed E-state index contributed by atoms with van der Waals surface area (Å²) in [6, 6.07) is 8.36. The minimum absolute atomic E-state index is 0.247. The second kappa shape index (κ2) is 9.76. The molecule has 7 heteroatoms. The molecular formula is C18H28N4O3. The molecule has 1 aromatic carbocycles. The van der Waals surface area contributed by atoms with Crippen LogP contribution < -0.4 is 20.3 Å². The molecule has 1 atom stereocenters. The van der Waals surface area contributed by atoms with Crippen molar-refractivity contribution in [1.29, 1.82) is 0 Å². The first-order valence-electron chi connectivity index (χ1n) is 8.67. The quantitative estimate of drug-likeness (QED) is 0.441. The molecule has 1 fully saturated rings. The highest BCUT2D eigenvalue weighted by Crippen LogP contribution is 2.30. The molecule has 0 aliphatic carbocycles. The van der Waals surface area contributed by atoms with Gasteiger partial charge in [0.1, 0.15) is 5.75 Å². The van der Waals surface area contributed by atoms with Crippen LogP contribution in [0.4, 0.5) is 5.69 Å². The SMILES string of the molecule is CCNC(=NCCC(=O)OC)NC1CCN(c2ccccc2OC)C1. The zero-order valence-corrected chi connectivity index (χ0v) is 15.2. The van der Waals surface area contributed by atoms with E-state index in [1.54, 1.807) is 7.11 Å². The van der Waals surface area contributed by atoms with Gasteiger partial charge in [-0.2, -0.15) is 0 Å². The molecule has 0 aromatic heterocycles. The number of esters is 1. The Morgan fingerprint density at radius 1 is 1.36 bits per heavy atom. The average Bonchev–Trinajstić information content (AvgIpc) is 3.10. The van der Waals surface area contributed by atoms with Crippen molar-refractivity contribution in [3.05, 3.63) is 24.3 Å². The largest absolute Gasteiger partial charge is 0.495 e. The molecule has 7 nitrogen and oxygen atoms in total. The van der Waals surface area contributed by atoms with Crippen LogP contribution in [0.15, 0.2) is 29.3 Å². The number of para-hydroxylation sites is 2. The lowest BCUT2D eigenvalue weighted by molar-refractivity contribution is -0.140. The summed E-state index contributed by atoms with van der Waals surface area (Å²) in [5.41, 5.74) is 1.11. The van der Waals surface area contributed by atoms with Crippen molar-refractivity contribution in [2.24, 2.45) is 4.99 Å². The Kier molecular flexibility index (Phi) is 7.37. The van der Waals surface area contributed by atoms with E-state index in [1.165, 1.54) is 7.11 Å². The average molecular weight is 348 g/mol. The Morgan fingerprint density at radius 3 is 2.88 bits per heavy atom. The first kappa shape index (κ1) is 18.9. The fraction of sp³-hybridized carbons (Fsp3) is 0.556. The standard InChI is InChI=1S/C18H28N4O3/c1-4-19-18(20-11-9-17(23)25-3)21-14-10-12-22(13-14)15-7-5-6-8-16(15)24-2/h5-8,14H,4,9-13H2,1-3H3,(H2,19,20,21). The fourth-order valence-electron chi connectivity index (χ4n) is 2.86. The third-order valence-electron chi connectivity index (χ3n) is 4.11. The monoisotopic (exact) mass is 348 g/mol. The highest BCUT2D eigenvalue weighted by Gasteiger charge is 2.25. The summed E-state index contributed by atoms with van der Waals surface area (Å²) in [6.07, 6.45) is 1.30. The van der Waals surface area contributed by atoms with Gasteiger partial charge in [0.2, 0.25) is 0 Å². The lowest BCUT2D eigenvalue weighted by Gasteiger charge is -2.22. The van der Waals surface area contributed by atoms with Crippen LogP contribution >= 0.6 is 0 Å². The van der Waals surface area contributed by atoms with E-state index in [2.05, 4.69) is 31.3 Å². The van der Waals surface area contributed by atoms with Gasteiger partial charge in [0, 0.05) is 25.7 Å². The smallest absolute Gasteiger partial charge is 0.307 e. The predicted molar refractivity (Wildman–Crippen MR) is 99.4 cm³/mol. The lowest BCUT2D eigenvalue weighted by Crippen LogP contribution is -2.44. The molecule has 1 aromatic rings. The molecule has 1 unspecified atom stereocenters. The molecule has 2 rings (SSSR count). The maximum atomic E-state index is 11.2. The number of rotatable bonds is 7. The molecule has 2 N–H and O–H groups in total. The van der Waals surface area contributed by atoms with E-state index in [9.17, 15) is 4.79 Å². The molecule has 0 bridgehead atoms. The number of nitrogens with zero attached hydrogens (tertiary/aromatic N) is 2. The van der Waals surface area contributed by atoms with Crippen LogP contribution in [0.25, 0.3) is 0 Å². The number of anilines is 1. The number of hydrogen-bond acceptors (Lipinski definition) is 5. The van der Waals surface area contributed by atoms with E-state index in [0.717, 1.165) is 43.5 Å². The second-order valence-corrected chi connectivity index (χ2v) is 5.83. The predicted octanol–water partition coefficient (Wildman–Crippen LogP) is 1.39. The number of carbonyl (C=O) groups is 1. The van der Waals surface area contributed by atoms with Crippen LogP contribution in [0.2, 0.25) is 0 Å². The number of benzene rings is 1. The first-order valence-corrected chi connectivity index (χ1v) is 8.67. The summed E-state index contributed by atoms with van der Waals surface area (Å²) in [7, 11) is 3.09. The second-order valence-electron chi connectivity index (χ2n) is 5.83. The highest BCUT2D eigenvalue weighted by molar-refractivity contribution is 5.80. The summed E-state index contributed by atoms with van der Waals surface area (Å²) in [4.78, 5) is 18.0. The molecule has 138 valence electrons. The van der Waals surface area contributed by atoms with Gasteiger partial charge in [-0.3, -0.25) is 9.79 Å². The molecule has 0 amide bonds. The molecule has 1 saturated heterocycles. The number of nitrogens with one attached hydrogen (secondary N) is 2. The number of carbonyl (C=O) groups excluding carboxylic acids is 1. The van der Waals surface area contributed by atoms with Crippen molar-refractivity contribution in [3.8, 4) is 5.75 Å². The summed E-state index contributed by atoms with van der Waals surface area (Å²) in [6.45, 7) is 5.03. The van der Waals surface area contributed by atoms with Gasteiger partial charge >= 0.3 is 5.97 Å².